The summed E-state index contributed by atoms with van der Waals surface area (Å²) in [6.07, 6.45) is 8.79. The predicted molar refractivity (Wildman–Crippen MR) is 70.8 cm³/mol. The molecule has 0 nitrogen and oxygen atoms in total. The molecule has 86 valence electrons. The molecule has 0 aliphatic rings. The molecule has 0 unspecified atom stereocenters. The van der Waals surface area contributed by atoms with Crippen molar-refractivity contribution in [3.8, 4) is 0 Å². The van der Waals surface area contributed by atoms with E-state index >= 15 is 0 Å². The minimum absolute atomic E-state index is 1.41. The third-order valence-corrected chi connectivity index (χ3v) is 21.6. The topological polar surface area (TPSA) is 0 Å². The molecule has 0 aromatic heterocycles. The molecule has 0 atom stereocenters. The third-order valence-electron chi connectivity index (χ3n) is 3.40. The molecule has 0 rings (SSSR count). The molecule has 0 amide bonds. The van der Waals surface area contributed by atoms with Crippen LogP contribution in [0.1, 0.15) is 59.3 Å². The molecule has 0 aliphatic heterocycles. The summed E-state index contributed by atoms with van der Waals surface area (Å²) < 4.78 is 7.74. The summed E-state index contributed by atoms with van der Waals surface area (Å²) in [5.41, 5.74) is 0. The van der Waals surface area contributed by atoms with Crippen LogP contribution in [0.15, 0.2) is 0 Å². The third kappa shape index (κ3) is 7.24. The van der Waals surface area contributed by atoms with Gasteiger partial charge >= 0.3 is 96.9 Å². The van der Waals surface area contributed by atoms with Gasteiger partial charge in [0.25, 0.3) is 0 Å². The zero-order valence-electron chi connectivity index (χ0n) is 10.9. The molecule has 0 fully saturated rings. The van der Waals surface area contributed by atoms with E-state index in [1.54, 1.807) is 11.9 Å². The average Bonchev–Trinajstić information content (AvgIpc) is 2.21. The summed E-state index contributed by atoms with van der Waals surface area (Å²) in [7, 11) is 0. The standard InChI is InChI=1S/3C4H9.CH3.Pb/c3*1-3-4-2;;/h3*1,3-4H2,2H3;1H3;. The quantitative estimate of drug-likeness (QED) is 0.456. The van der Waals surface area contributed by atoms with Crippen LogP contribution in [0, 0.1) is 0 Å². The molecule has 0 aromatic rings. The van der Waals surface area contributed by atoms with E-state index in [1.807, 2.05) is 0 Å². The van der Waals surface area contributed by atoms with Gasteiger partial charge in [-0.3, -0.25) is 0 Å². The van der Waals surface area contributed by atoms with Gasteiger partial charge in [0.2, 0.25) is 0 Å². The van der Waals surface area contributed by atoms with Gasteiger partial charge in [0.05, 0.1) is 0 Å². The summed E-state index contributed by atoms with van der Waals surface area (Å²) in [5.74, 6) is 0. The first kappa shape index (κ1) is 14.9. The molecule has 0 saturated heterocycles. The van der Waals surface area contributed by atoms with Gasteiger partial charge in [-0.05, 0) is 0 Å². The summed E-state index contributed by atoms with van der Waals surface area (Å²) in [4.78, 5) is 0. The Kier molecular flexibility index (Phi) is 9.77. The van der Waals surface area contributed by atoms with E-state index in [9.17, 15) is 0 Å². The van der Waals surface area contributed by atoms with Crippen LogP contribution in [0.4, 0.5) is 0 Å². The Morgan fingerprint density at radius 2 is 0.929 bits per heavy atom. The maximum absolute atomic E-state index is 2.73. The zero-order valence-corrected chi connectivity index (χ0v) is 14.8. The fourth-order valence-corrected chi connectivity index (χ4v) is 19.2. The summed E-state index contributed by atoms with van der Waals surface area (Å²) in [6, 6.07) is 0. The Labute approximate surface area is 96.5 Å². The Morgan fingerprint density at radius 1 is 0.643 bits per heavy atom. The molecule has 0 aliphatic carbocycles. The van der Waals surface area contributed by atoms with Crippen molar-refractivity contribution in [1.29, 1.82) is 0 Å². The fraction of sp³-hybridized carbons (Fsp3) is 1.00. The first-order valence-electron chi connectivity index (χ1n) is 6.68. The van der Waals surface area contributed by atoms with Crippen molar-refractivity contribution in [3.63, 3.8) is 0 Å². The molecule has 0 spiro atoms. The van der Waals surface area contributed by atoms with Crippen molar-refractivity contribution in [2.75, 3.05) is 0 Å². The second-order valence-corrected chi connectivity index (χ2v) is 25.0. The van der Waals surface area contributed by atoms with Crippen molar-refractivity contribution >= 4 is 21.2 Å². The molecular formula is C13H30Pb. The van der Waals surface area contributed by atoms with E-state index in [2.05, 4.69) is 25.3 Å². The van der Waals surface area contributed by atoms with E-state index in [-0.39, 0.29) is 0 Å². The summed E-state index contributed by atoms with van der Waals surface area (Å²) in [5, 5.41) is 0. The van der Waals surface area contributed by atoms with E-state index in [0.717, 1.165) is 0 Å². The summed E-state index contributed by atoms with van der Waals surface area (Å²) >= 11 is -1.69. The number of hydrogen-bond acceptors (Lipinski definition) is 0. The first-order chi connectivity index (χ1) is 6.68. The van der Waals surface area contributed by atoms with Gasteiger partial charge in [-0.25, -0.2) is 0 Å². The van der Waals surface area contributed by atoms with Crippen LogP contribution >= 0.6 is 0 Å². The second-order valence-electron chi connectivity index (χ2n) is 5.12. The molecule has 0 N–H and O–H groups in total. The normalized spacial score (nSPS) is 12.0. The monoisotopic (exact) mass is 394 g/mol. The minimum atomic E-state index is -1.69. The maximum atomic E-state index is 2.73. The van der Waals surface area contributed by atoms with E-state index < -0.39 is 21.2 Å². The van der Waals surface area contributed by atoms with Gasteiger partial charge in [-0.1, -0.05) is 0 Å². The Bertz CT molecular complexity index is 98.6. The van der Waals surface area contributed by atoms with Gasteiger partial charge in [-0.2, -0.15) is 0 Å². The van der Waals surface area contributed by atoms with Gasteiger partial charge in [0.15, 0.2) is 0 Å². The zero-order chi connectivity index (χ0) is 10.9. The van der Waals surface area contributed by atoms with Crippen molar-refractivity contribution in [3.05, 3.63) is 0 Å². The van der Waals surface area contributed by atoms with Crippen molar-refractivity contribution in [1.82, 2.24) is 0 Å². The summed E-state index contributed by atoms with van der Waals surface area (Å²) in [6.45, 7) is 7.02. The van der Waals surface area contributed by atoms with Gasteiger partial charge in [0.1, 0.15) is 0 Å². The molecule has 0 bridgehead atoms. The molecular weight excluding hydrogens is 363 g/mol. The molecule has 0 radical (unpaired) electrons. The van der Waals surface area contributed by atoms with Crippen LogP contribution in [-0.4, -0.2) is 21.2 Å². The number of unbranched alkanes of at least 4 members (excludes halogenated alkanes) is 3. The molecule has 0 saturated carbocycles. The van der Waals surface area contributed by atoms with Crippen LogP contribution in [0.3, 0.4) is 0 Å². The van der Waals surface area contributed by atoms with Crippen molar-refractivity contribution in [2.24, 2.45) is 0 Å². The Balaban J connectivity index is 3.89. The Hall–Kier alpha value is 0.922. The van der Waals surface area contributed by atoms with Gasteiger partial charge in [0, 0.05) is 0 Å². The van der Waals surface area contributed by atoms with Gasteiger partial charge < -0.3 is 0 Å². The van der Waals surface area contributed by atoms with Gasteiger partial charge in [-0.15, -0.1) is 0 Å². The van der Waals surface area contributed by atoms with Crippen molar-refractivity contribution < 1.29 is 0 Å². The molecule has 1 heteroatoms. The van der Waals surface area contributed by atoms with Crippen LogP contribution in [0.5, 0.6) is 0 Å². The SMILES string of the molecule is CCC[CH2][Pb]([CH3])([CH2]CCC)[CH2]CCC. The van der Waals surface area contributed by atoms with Crippen LogP contribution < -0.4 is 0 Å². The van der Waals surface area contributed by atoms with Crippen LogP contribution in [0.2, 0.25) is 16.4 Å². The molecule has 0 heterocycles. The molecule has 0 aromatic carbocycles. The van der Waals surface area contributed by atoms with E-state index in [4.69, 9.17) is 0 Å². The predicted octanol–water partition coefficient (Wildman–Crippen LogP) is 5.47. The van der Waals surface area contributed by atoms with Crippen LogP contribution in [0.25, 0.3) is 0 Å². The van der Waals surface area contributed by atoms with Crippen molar-refractivity contribution in [2.45, 2.75) is 75.7 Å². The first-order valence-corrected chi connectivity index (χ1v) is 18.8. The van der Waals surface area contributed by atoms with Crippen LogP contribution in [-0.2, 0) is 0 Å². The molecule has 14 heavy (non-hydrogen) atoms. The number of rotatable bonds is 9. The second kappa shape index (κ2) is 9.17. The fourth-order valence-electron chi connectivity index (χ4n) is 2.19. The average molecular weight is 394 g/mol. The van der Waals surface area contributed by atoms with E-state index in [1.165, 1.54) is 38.5 Å². The Morgan fingerprint density at radius 3 is 1.14 bits per heavy atom. The number of hydrogen-bond donors (Lipinski definition) is 0. The van der Waals surface area contributed by atoms with E-state index in [0.29, 0.717) is 0 Å².